The minimum atomic E-state index is -0.160. The Hall–Kier alpha value is -2.37. The molecule has 28 heavy (non-hydrogen) atoms. The molecule has 0 spiro atoms. The molecule has 0 unspecified atom stereocenters. The van der Waals surface area contributed by atoms with Crippen molar-refractivity contribution in [2.75, 3.05) is 13.7 Å². The number of carbonyl (C=O) groups excluding carboxylic acids is 3. The monoisotopic (exact) mass is 386 g/mol. The number of hydrogen-bond donors (Lipinski definition) is 1. The molecular formula is C22H30N2O4. The van der Waals surface area contributed by atoms with Gasteiger partial charge in [0.15, 0.2) is 0 Å². The van der Waals surface area contributed by atoms with E-state index in [0.717, 1.165) is 37.0 Å². The molecule has 3 amide bonds. The van der Waals surface area contributed by atoms with E-state index in [0.29, 0.717) is 0 Å². The lowest BCUT2D eigenvalue weighted by Gasteiger charge is -2.24. The fourth-order valence-electron chi connectivity index (χ4n) is 4.36. The first-order valence-corrected chi connectivity index (χ1v) is 10.2. The fraction of sp³-hybridized carbons (Fsp3) is 0.591. The first-order valence-electron chi connectivity index (χ1n) is 10.2. The molecule has 1 aliphatic carbocycles. The van der Waals surface area contributed by atoms with E-state index in [9.17, 15) is 14.4 Å². The number of rotatable bonds is 7. The molecule has 3 atom stereocenters. The number of benzene rings is 1. The second kappa shape index (κ2) is 8.76. The van der Waals surface area contributed by atoms with E-state index in [2.05, 4.69) is 5.32 Å². The molecule has 2 aliphatic rings. The van der Waals surface area contributed by atoms with Crippen LogP contribution in [0.1, 0.15) is 57.6 Å². The molecule has 1 aromatic carbocycles. The number of carbonyl (C=O) groups is 3. The number of hydrogen-bond acceptors (Lipinski definition) is 4. The Balaban J connectivity index is 1.59. The quantitative estimate of drug-likeness (QED) is 0.731. The predicted molar refractivity (Wildman–Crippen MR) is 106 cm³/mol. The van der Waals surface area contributed by atoms with Crippen molar-refractivity contribution in [1.29, 1.82) is 0 Å². The molecule has 1 saturated carbocycles. The van der Waals surface area contributed by atoms with Gasteiger partial charge in [-0.25, -0.2) is 0 Å². The third-order valence-corrected chi connectivity index (χ3v) is 5.95. The molecule has 0 radical (unpaired) electrons. The van der Waals surface area contributed by atoms with Crippen molar-refractivity contribution in [2.24, 2.45) is 17.8 Å². The van der Waals surface area contributed by atoms with Gasteiger partial charge in [-0.1, -0.05) is 38.8 Å². The highest BCUT2D eigenvalue weighted by atomic mass is 16.5. The summed E-state index contributed by atoms with van der Waals surface area (Å²) in [6, 6.07) is 7.51. The Morgan fingerprint density at radius 3 is 2.18 bits per heavy atom. The van der Waals surface area contributed by atoms with E-state index in [-0.39, 0.29) is 54.5 Å². The standard InChI is InChI=1S/C22H30N2O4/c1-14(2)20(15-8-10-16(28-3)11-9-15)23-19(25)12-13-24-21(26)17-6-4-5-7-18(17)22(24)27/h8-11,14,17-18,20H,4-7,12-13H2,1-3H3,(H,23,25)/t17-,18+,20-/m1/s1. The largest absolute Gasteiger partial charge is 0.497 e. The zero-order chi connectivity index (χ0) is 20.3. The number of methoxy groups -OCH3 is 1. The molecule has 0 bridgehead atoms. The normalized spacial score (nSPS) is 22.9. The van der Waals surface area contributed by atoms with Gasteiger partial charge in [-0.2, -0.15) is 0 Å². The molecule has 1 aromatic rings. The van der Waals surface area contributed by atoms with E-state index in [1.54, 1.807) is 7.11 Å². The molecule has 152 valence electrons. The highest BCUT2D eigenvalue weighted by Crippen LogP contribution is 2.38. The molecule has 1 aliphatic heterocycles. The molecular weight excluding hydrogens is 356 g/mol. The van der Waals surface area contributed by atoms with Gasteiger partial charge in [0.05, 0.1) is 25.0 Å². The smallest absolute Gasteiger partial charge is 0.233 e. The summed E-state index contributed by atoms with van der Waals surface area (Å²) < 4.78 is 5.19. The van der Waals surface area contributed by atoms with Crippen LogP contribution in [0.5, 0.6) is 5.75 Å². The second-order valence-electron chi connectivity index (χ2n) is 8.14. The molecule has 6 heteroatoms. The van der Waals surface area contributed by atoms with Gasteiger partial charge < -0.3 is 10.1 Å². The minimum absolute atomic E-state index is 0.0851. The third kappa shape index (κ3) is 4.21. The summed E-state index contributed by atoms with van der Waals surface area (Å²) in [6.07, 6.45) is 3.74. The Morgan fingerprint density at radius 1 is 1.11 bits per heavy atom. The maximum absolute atomic E-state index is 12.6. The van der Waals surface area contributed by atoms with Gasteiger partial charge in [-0.15, -0.1) is 0 Å². The fourth-order valence-corrected chi connectivity index (χ4v) is 4.36. The predicted octanol–water partition coefficient (Wildman–Crippen LogP) is 3.07. The summed E-state index contributed by atoms with van der Waals surface area (Å²) in [5.74, 6) is 0.334. The van der Waals surface area contributed by atoms with Gasteiger partial charge in [-0.3, -0.25) is 19.3 Å². The third-order valence-electron chi connectivity index (χ3n) is 5.95. The zero-order valence-corrected chi connectivity index (χ0v) is 16.9. The number of likely N-dealkylation sites (tertiary alicyclic amines) is 1. The van der Waals surface area contributed by atoms with Gasteiger partial charge in [0, 0.05) is 13.0 Å². The highest BCUT2D eigenvalue weighted by molar-refractivity contribution is 6.05. The minimum Gasteiger partial charge on any atom is -0.497 e. The Labute approximate surface area is 166 Å². The van der Waals surface area contributed by atoms with Crippen LogP contribution >= 0.6 is 0 Å². The average Bonchev–Trinajstić information content (AvgIpc) is 2.95. The molecule has 1 N–H and O–H groups in total. The van der Waals surface area contributed by atoms with E-state index in [4.69, 9.17) is 4.74 Å². The van der Waals surface area contributed by atoms with Crippen LogP contribution < -0.4 is 10.1 Å². The van der Waals surface area contributed by atoms with Crippen molar-refractivity contribution < 1.29 is 19.1 Å². The van der Waals surface area contributed by atoms with E-state index in [1.807, 2.05) is 38.1 Å². The molecule has 0 aromatic heterocycles. The molecule has 3 rings (SSSR count). The maximum Gasteiger partial charge on any atom is 0.233 e. The number of ether oxygens (including phenoxy) is 1. The van der Waals surface area contributed by atoms with Gasteiger partial charge >= 0.3 is 0 Å². The molecule has 6 nitrogen and oxygen atoms in total. The van der Waals surface area contributed by atoms with Crippen molar-refractivity contribution in [1.82, 2.24) is 10.2 Å². The van der Waals surface area contributed by atoms with Gasteiger partial charge in [-0.05, 0) is 36.5 Å². The topological polar surface area (TPSA) is 75.7 Å². The number of nitrogens with zero attached hydrogens (tertiary/aromatic N) is 1. The average molecular weight is 386 g/mol. The van der Waals surface area contributed by atoms with E-state index in [1.165, 1.54) is 4.90 Å². The van der Waals surface area contributed by atoms with Crippen molar-refractivity contribution in [3.8, 4) is 5.75 Å². The maximum atomic E-state index is 12.6. The van der Waals surface area contributed by atoms with E-state index >= 15 is 0 Å². The van der Waals surface area contributed by atoms with Crippen LogP contribution in [-0.2, 0) is 14.4 Å². The number of fused-ring (bicyclic) bond motifs is 1. The second-order valence-corrected chi connectivity index (χ2v) is 8.14. The van der Waals surface area contributed by atoms with Gasteiger partial charge in [0.2, 0.25) is 17.7 Å². The molecule has 2 fully saturated rings. The summed E-state index contributed by atoms with van der Waals surface area (Å²) >= 11 is 0. The van der Waals surface area contributed by atoms with Crippen molar-refractivity contribution in [3.63, 3.8) is 0 Å². The first-order chi connectivity index (χ1) is 13.4. The van der Waals surface area contributed by atoms with Crippen molar-refractivity contribution >= 4 is 17.7 Å². The molecule has 1 heterocycles. The van der Waals surface area contributed by atoms with Crippen LogP contribution in [0.4, 0.5) is 0 Å². The van der Waals surface area contributed by atoms with E-state index < -0.39 is 0 Å². The number of nitrogens with one attached hydrogen (secondary N) is 1. The lowest BCUT2D eigenvalue weighted by molar-refractivity contribution is -0.140. The zero-order valence-electron chi connectivity index (χ0n) is 16.9. The van der Waals surface area contributed by atoms with Crippen molar-refractivity contribution in [2.45, 2.75) is 52.0 Å². The Morgan fingerprint density at radius 2 is 1.68 bits per heavy atom. The van der Waals surface area contributed by atoms with Crippen LogP contribution in [0.15, 0.2) is 24.3 Å². The summed E-state index contributed by atoms with van der Waals surface area (Å²) in [6.45, 7) is 4.27. The van der Waals surface area contributed by atoms with Crippen LogP contribution in [-0.4, -0.2) is 36.3 Å². The summed E-state index contributed by atoms with van der Waals surface area (Å²) in [5, 5.41) is 3.06. The molecule has 1 saturated heterocycles. The van der Waals surface area contributed by atoms with Gasteiger partial charge in [0.1, 0.15) is 5.75 Å². The highest BCUT2D eigenvalue weighted by Gasteiger charge is 2.47. The summed E-state index contributed by atoms with van der Waals surface area (Å²) in [5.41, 5.74) is 1.00. The van der Waals surface area contributed by atoms with Crippen LogP contribution in [0.25, 0.3) is 0 Å². The Kier molecular flexibility index (Phi) is 6.37. The van der Waals surface area contributed by atoms with Crippen LogP contribution in [0, 0.1) is 17.8 Å². The van der Waals surface area contributed by atoms with Gasteiger partial charge in [0.25, 0.3) is 0 Å². The lowest BCUT2D eigenvalue weighted by atomic mass is 9.81. The first kappa shape index (κ1) is 20.4. The SMILES string of the molecule is COc1ccc([C@H](NC(=O)CCN2C(=O)[C@H]3CCCC[C@H]3C2=O)C(C)C)cc1. The lowest BCUT2D eigenvalue weighted by Crippen LogP contribution is -2.37. The van der Waals surface area contributed by atoms with Crippen molar-refractivity contribution in [3.05, 3.63) is 29.8 Å². The number of amides is 3. The summed E-state index contributed by atoms with van der Waals surface area (Å²) in [4.78, 5) is 38.9. The number of imide groups is 1. The van der Waals surface area contributed by atoms with Crippen LogP contribution in [0.2, 0.25) is 0 Å². The Bertz CT molecular complexity index is 705. The van der Waals surface area contributed by atoms with Crippen LogP contribution in [0.3, 0.4) is 0 Å². The summed E-state index contributed by atoms with van der Waals surface area (Å²) in [7, 11) is 1.62.